The Bertz CT molecular complexity index is 269. The van der Waals surface area contributed by atoms with Gasteiger partial charge in [0.1, 0.15) is 0 Å². The second kappa shape index (κ2) is 3.70. The molecule has 0 heterocycles. The van der Waals surface area contributed by atoms with E-state index in [0.717, 1.165) is 0 Å². The van der Waals surface area contributed by atoms with E-state index in [-0.39, 0.29) is 6.04 Å². The third kappa shape index (κ3) is 1.84. The number of nitrogens with one attached hydrogen (secondary N) is 1. The lowest BCUT2D eigenvalue weighted by Crippen LogP contribution is -2.25. The first-order valence-electron chi connectivity index (χ1n) is 4.18. The Hall–Kier alpha value is -0.860. The molecule has 2 heteroatoms. The summed E-state index contributed by atoms with van der Waals surface area (Å²) >= 11 is 0. The Morgan fingerprint density at radius 1 is 1.25 bits per heavy atom. The zero-order chi connectivity index (χ0) is 9.14. The van der Waals surface area contributed by atoms with Crippen molar-refractivity contribution in [3.63, 3.8) is 0 Å². The average Bonchev–Trinajstić information content (AvgIpc) is 2.08. The van der Waals surface area contributed by atoms with Crippen LogP contribution in [0.5, 0.6) is 0 Å². The van der Waals surface area contributed by atoms with E-state index in [9.17, 15) is 0 Å². The van der Waals surface area contributed by atoms with E-state index in [0.29, 0.717) is 0 Å². The summed E-state index contributed by atoms with van der Waals surface area (Å²) in [6.45, 7) is 6.27. The Kier molecular flexibility index (Phi) is 2.84. The van der Waals surface area contributed by atoms with Crippen LogP contribution in [0.2, 0.25) is 0 Å². The highest BCUT2D eigenvalue weighted by molar-refractivity contribution is 5.31. The quantitative estimate of drug-likeness (QED) is 0.517. The summed E-state index contributed by atoms with van der Waals surface area (Å²) in [5.41, 5.74) is 6.60. The first kappa shape index (κ1) is 9.23. The zero-order valence-electron chi connectivity index (χ0n) is 7.89. The molecule has 0 bridgehead atoms. The van der Waals surface area contributed by atoms with Crippen LogP contribution in [0, 0.1) is 13.8 Å². The van der Waals surface area contributed by atoms with E-state index < -0.39 is 0 Å². The number of rotatable bonds is 2. The molecule has 0 aromatic heterocycles. The number of hydrogen-bond donors (Lipinski definition) is 2. The van der Waals surface area contributed by atoms with Gasteiger partial charge in [0.15, 0.2) is 0 Å². The lowest BCUT2D eigenvalue weighted by molar-refractivity contribution is 0.602. The Balaban J connectivity index is 2.96. The average molecular weight is 164 g/mol. The summed E-state index contributed by atoms with van der Waals surface area (Å²) in [5.74, 6) is 5.34. The van der Waals surface area contributed by atoms with Gasteiger partial charge in [-0.25, -0.2) is 0 Å². The van der Waals surface area contributed by atoms with Crippen molar-refractivity contribution in [3.8, 4) is 0 Å². The van der Waals surface area contributed by atoms with Crippen LogP contribution in [0.4, 0.5) is 0 Å². The fourth-order valence-corrected chi connectivity index (χ4v) is 1.13. The van der Waals surface area contributed by atoms with Crippen LogP contribution in [0.25, 0.3) is 0 Å². The first-order chi connectivity index (χ1) is 5.65. The van der Waals surface area contributed by atoms with Gasteiger partial charge in [-0.3, -0.25) is 11.3 Å². The lowest BCUT2D eigenvalue weighted by atomic mass is 10.0. The van der Waals surface area contributed by atoms with Crippen LogP contribution in [-0.4, -0.2) is 0 Å². The second-order valence-corrected chi connectivity index (χ2v) is 3.23. The van der Waals surface area contributed by atoms with Crippen LogP contribution < -0.4 is 11.3 Å². The maximum atomic E-state index is 5.34. The molecule has 0 spiro atoms. The third-order valence-corrected chi connectivity index (χ3v) is 2.28. The maximum absolute atomic E-state index is 5.34. The predicted octanol–water partition coefficient (Wildman–Crippen LogP) is 1.83. The standard InChI is InChI=1S/C10H16N2/c1-7-4-5-10(6-8(7)2)9(3)12-11/h4-6,9,12H,11H2,1-3H3/t9-/m0/s1. The molecule has 0 aliphatic carbocycles. The molecule has 0 fully saturated rings. The fraction of sp³-hybridized carbons (Fsp3) is 0.400. The number of hydrogen-bond acceptors (Lipinski definition) is 2. The van der Waals surface area contributed by atoms with E-state index in [4.69, 9.17) is 5.84 Å². The van der Waals surface area contributed by atoms with Crippen molar-refractivity contribution in [2.75, 3.05) is 0 Å². The molecule has 0 unspecified atom stereocenters. The Labute approximate surface area is 73.8 Å². The summed E-state index contributed by atoms with van der Waals surface area (Å²) in [5, 5.41) is 0. The third-order valence-electron chi connectivity index (χ3n) is 2.28. The summed E-state index contributed by atoms with van der Waals surface area (Å²) in [6.07, 6.45) is 0. The van der Waals surface area contributed by atoms with Gasteiger partial charge in [0.25, 0.3) is 0 Å². The van der Waals surface area contributed by atoms with E-state index in [1.165, 1.54) is 16.7 Å². The van der Waals surface area contributed by atoms with E-state index in [1.807, 2.05) is 6.92 Å². The van der Waals surface area contributed by atoms with Crippen molar-refractivity contribution in [2.24, 2.45) is 5.84 Å². The van der Waals surface area contributed by atoms with E-state index in [1.54, 1.807) is 0 Å². The molecule has 2 nitrogen and oxygen atoms in total. The molecular formula is C10H16N2. The van der Waals surface area contributed by atoms with Gasteiger partial charge in [-0.1, -0.05) is 18.2 Å². The van der Waals surface area contributed by atoms with Gasteiger partial charge in [-0.15, -0.1) is 0 Å². The largest absolute Gasteiger partial charge is 0.271 e. The molecular weight excluding hydrogens is 148 g/mol. The highest BCUT2D eigenvalue weighted by Crippen LogP contribution is 2.15. The van der Waals surface area contributed by atoms with E-state index in [2.05, 4.69) is 37.5 Å². The molecule has 0 aliphatic rings. The van der Waals surface area contributed by atoms with Gasteiger partial charge in [0, 0.05) is 6.04 Å². The monoisotopic (exact) mass is 164 g/mol. The molecule has 1 atom stereocenters. The number of hydrazine groups is 1. The van der Waals surface area contributed by atoms with Gasteiger partial charge < -0.3 is 0 Å². The second-order valence-electron chi connectivity index (χ2n) is 3.23. The lowest BCUT2D eigenvalue weighted by Gasteiger charge is -2.11. The van der Waals surface area contributed by atoms with Crippen molar-refractivity contribution in [3.05, 3.63) is 34.9 Å². The molecule has 3 N–H and O–H groups in total. The summed E-state index contributed by atoms with van der Waals surface area (Å²) in [4.78, 5) is 0. The Morgan fingerprint density at radius 3 is 2.42 bits per heavy atom. The summed E-state index contributed by atoms with van der Waals surface area (Å²) in [7, 11) is 0. The molecule has 66 valence electrons. The van der Waals surface area contributed by atoms with Crippen LogP contribution in [0.1, 0.15) is 29.7 Å². The van der Waals surface area contributed by atoms with Gasteiger partial charge in [-0.2, -0.15) is 0 Å². The normalized spacial score (nSPS) is 13.0. The van der Waals surface area contributed by atoms with Crippen molar-refractivity contribution in [2.45, 2.75) is 26.8 Å². The first-order valence-corrected chi connectivity index (χ1v) is 4.18. The number of benzene rings is 1. The van der Waals surface area contributed by atoms with Gasteiger partial charge in [0.05, 0.1) is 0 Å². The molecule has 0 amide bonds. The molecule has 0 aliphatic heterocycles. The number of nitrogens with two attached hydrogens (primary N) is 1. The molecule has 0 saturated heterocycles. The summed E-state index contributed by atoms with van der Waals surface area (Å²) in [6, 6.07) is 6.62. The van der Waals surface area contributed by atoms with Crippen molar-refractivity contribution >= 4 is 0 Å². The number of aryl methyl sites for hydroxylation is 2. The molecule has 1 rings (SSSR count). The van der Waals surface area contributed by atoms with E-state index >= 15 is 0 Å². The van der Waals surface area contributed by atoms with Gasteiger partial charge in [0.2, 0.25) is 0 Å². The smallest absolute Gasteiger partial charge is 0.0431 e. The fourth-order valence-electron chi connectivity index (χ4n) is 1.13. The molecule has 12 heavy (non-hydrogen) atoms. The molecule has 0 radical (unpaired) electrons. The summed E-state index contributed by atoms with van der Waals surface area (Å²) < 4.78 is 0. The predicted molar refractivity (Wildman–Crippen MR) is 51.7 cm³/mol. The maximum Gasteiger partial charge on any atom is 0.0431 e. The van der Waals surface area contributed by atoms with Crippen LogP contribution in [0.3, 0.4) is 0 Å². The van der Waals surface area contributed by atoms with Gasteiger partial charge in [-0.05, 0) is 37.5 Å². The Morgan fingerprint density at radius 2 is 1.92 bits per heavy atom. The van der Waals surface area contributed by atoms with Crippen molar-refractivity contribution in [1.29, 1.82) is 0 Å². The van der Waals surface area contributed by atoms with Crippen LogP contribution in [-0.2, 0) is 0 Å². The minimum Gasteiger partial charge on any atom is -0.271 e. The topological polar surface area (TPSA) is 38.0 Å². The highest BCUT2D eigenvalue weighted by Gasteiger charge is 2.02. The molecule has 0 saturated carbocycles. The highest BCUT2D eigenvalue weighted by atomic mass is 15.2. The van der Waals surface area contributed by atoms with Crippen LogP contribution in [0.15, 0.2) is 18.2 Å². The van der Waals surface area contributed by atoms with Gasteiger partial charge >= 0.3 is 0 Å². The van der Waals surface area contributed by atoms with Crippen molar-refractivity contribution < 1.29 is 0 Å². The van der Waals surface area contributed by atoms with Crippen LogP contribution >= 0.6 is 0 Å². The minimum absolute atomic E-state index is 0.226. The van der Waals surface area contributed by atoms with Crippen molar-refractivity contribution in [1.82, 2.24) is 5.43 Å². The minimum atomic E-state index is 0.226. The SMILES string of the molecule is Cc1ccc([C@H](C)NN)cc1C. The zero-order valence-corrected chi connectivity index (χ0v) is 7.89. The molecule has 1 aromatic rings. The molecule has 1 aromatic carbocycles.